The number of hydrogen-bond donors (Lipinski definition) is 1. The van der Waals surface area contributed by atoms with Gasteiger partial charge >= 0.3 is 0 Å². The maximum Gasteiger partial charge on any atom is 0.0379 e. The number of unbranched alkanes of at least 4 members (excludes halogenated alkanes) is 1. The molecule has 1 aliphatic rings. The van der Waals surface area contributed by atoms with Gasteiger partial charge in [-0.05, 0) is 37.3 Å². The molecule has 1 heteroatoms. The summed E-state index contributed by atoms with van der Waals surface area (Å²) in [6.45, 7) is 7.22. The molecule has 0 aliphatic carbocycles. The molecule has 0 saturated heterocycles. The van der Waals surface area contributed by atoms with Crippen molar-refractivity contribution in [1.82, 2.24) is 0 Å². The maximum atomic E-state index is 3.82. The SMILES string of the molecule is C=CCCCC1(CCC)CNc2ccccc21. The van der Waals surface area contributed by atoms with Gasteiger partial charge in [0.1, 0.15) is 0 Å². The van der Waals surface area contributed by atoms with E-state index in [-0.39, 0.29) is 0 Å². The number of hydrogen-bond acceptors (Lipinski definition) is 1. The Balaban J connectivity index is 2.20. The molecule has 1 heterocycles. The lowest BCUT2D eigenvalue weighted by molar-refractivity contribution is 0.385. The number of fused-ring (bicyclic) bond motifs is 1. The highest BCUT2D eigenvalue weighted by Gasteiger charge is 2.36. The molecule has 1 atom stereocenters. The van der Waals surface area contributed by atoms with Crippen LogP contribution in [0, 0.1) is 0 Å². The molecule has 1 nitrogen and oxygen atoms in total. The van der Waals surface area contributed by atoms with Crippen LogP contribution in [-0.4, -0.2) is 6.54 Å². The number of anilines is 1. The Kier molecular flexibility index (Phi) is 3.88. The first-order chi connectivity index (χ1) is 8.32. The van der Waals surface area contributed by atoms with Crippen molar-refractivity contribution in [1.29, 1.82) is 0 Å². The van der Waals surface area contributed by atoms with E-state index in [1.807, 2.05) is 6.08 Å². The number of nitrogens with one attached hydrogen (secondary N) is 1. The molecule has 0 saturated carbocycles. The molecule has 2 rings (SSSR count). The molecule has 1 unspecified atom stereocenters. The van der Waals surface area contributed by atoms with Crippen molar-refractivity contribution in [2.75, 3.05) is 11.9 Å². The van der Waals surface area contributed by atoms with Crippen LogP contribution in [-0.2, 0) is 5.41 Å². The smallest absolute Gasteiger partial charge is 0.0379 e. The van der Waals surface area contributed by atoms with Gasteiger partial charge in [0, 0.05) is 17.6 Å². The number of rotatable bonds is 6. The Labute approximate surface area is 105 Å². The van der Waals surface area contributed by atoms with Gasteiger partial charge in [-0.2, -0.15) is 0 Å². The van der Waals surface area contributed by atoms with Crippen molar-refractivity contribution in [3.05, 3.63) is 42.5 Å². The van der Waals surface area contributed by atoms with E-state index in [2.05, 4.69) is 43.1 Å². The summed E-state index contributed by atoms with van der Waals surface area (Å²) in [5.74, 6) is 0. The van der Waals surface area contributed by atoms with Crippen molar-refractivity contribution >= 4 is 5.69 Å². The van der Waals surface area contributed by atoms with Crippen LogP contribution in [0.5, 0.6) is 0 Å². The highest BCUT2D eigenvalue weighted by atomic mass is 14.9. The van der Waals surface area contributed by atoms with E-state index < -0.39 is 0 Å². The van der Waals surface area contributed by atoms with Gasteiger partial charge in [-0.15, -0.1) is 6.58 Å². The zero-order valence-corrected chi connectivity index (χ0v) is 10.8. The Bertz CT molecular complexity index is 379. The maximum absolute atomic E-state index is 3.82. The van der Waals surface area contributed by atoms with E-state index >= 15 is 0 Å². The molecule has 17 heavy (non-hydrogen) atoms. The molecule has 0 spiro atoms. The molecule has 1 N–H and O–H groups in total. The van der Waals surface area contributed by atoms with Crippen LogP contribution in [0.1, 0.15) is 44.6 Å². The minimum atomic E-state index is 0.369. The van der Waals surface area contributed by atoms with Gasteiger partial charge in [0.2, 0.25) is 0 Å². The van der Waals surface area contributed by atoms with Crippen molar-refractivity contribution in [2.45, 2.75) is 44.4 Å². The Morgan fingerprint density at radius 2 is 2.18 bits per heavy atom. The fourth-order valence-electron chi connectivity index (χ4n) is 3.09. The first-order valence-corrected chi connectivity index (χ1v) is 6.77. The first kappa shape index (κ1) is 12.2. The molecular formula is C16H23N. The topological polar surface area (TPSA) is 12.0 Å². The number of benzene rings is 1. The quantitative estimate of drug-likeness (QED) is 0.559. The summed E-state index contributed by atoms with van der Waals surface area (Å²) in [5.41, 5.74) is 3.25. The van der Waals surface area contributed by atoms with E-state index in [0.29, 0.717) is 5.41 Å². The van der Waals surface area contributed by atoms with Crippen LogP contribution in [0.25, 0.3) is 0 Å². The van der Waals surface area contributed by atoms with E-state index in [1.165, 1.54) is 36.9 Å². The van der Waals surface area contributed by atoms with E-state index in [0.717, 1.165) is 13.0 Å². The number of para-hydroxylation sites is 1. The second-order valence-corrected chi connectivity index (χ2v) is 5.11. The average Bonchev–Trinajstić information content (AvgIpc) is 2.71. The monoisotopic (exact) mass is 229 g/mol. The summed E-state index contributed by atoms with van der Waals surface area (Å²) < 4.78 is 0. The Hall–Kier alpha value is -1.24. The van der Waals surface area contributed by atoms with Crippen LogP contribution in [0.2, 0.25) is 0 Å². The summed E-state index contributed by atoms with van der Waals surface area (Å²) >= 11 is 0. The largest absolute Gasteiger partial charge is 0.384 e. The molecular weight excluding hydrogens is 206 g/mol. The zero-order chi connectivity index (χ0) is 12.1. The third-order valence-electron chi connectivity index (χ3n) is 3.91. The van der Waals surface area contributed by atoms with Crippen LogP contribution in [0.3, 0.4) is 0 Å². The summed E-state index contributed by atoms with van der Waals surface area (Å²) in [6.07, 6.45) is 8.23. The number of allylic oxidation sites excluding steroid dienone is 1. The molecule has 0 radical (unpaired) electrons. The third-order valence-corrected chi connectivity index (χ3v) is 3.91. The lowest BCUT2D eigenvalue weighted by Crippen LogP contribution is -2.28. The van der Waals surface area contributed by atoms with Crippen LogP contribution < -0.4 is 5.32 Å². The van der Waals surface area contributed by atoms with Crippen molar-refractivity contribution < 1.29 is 0 Å². The lowest BCUT2D eigenvalue weighted by atomic mass is 9.74. The molecule has 1 aromatic carbocycles. The summed E-state index contributed by atoms with van der Waals surface area (Å²) in [6, 6.07) is 8.81. The Morgan fingerprint density at radius 1 is 1.35 bits per heavy atom. The van der Waals surface area contributed by atoms with Crippen LogP contribution in [0.15, 0.2) is 36.9 Å². The average molecular weight is 229 g/mol. The van der Waals surface area contributed by atoms with Crippen molar-refractivity contribution in [3.63, 3.8) is 0 Å². The summed E-state index contributed by atoms with van der Waals surface area (Å²) in [4.78, 5) is 0. The molecule has 1 aliphatic heterocycles. The fraction of sp³-hybridized carbons (Fsp3) is 0.500. The van der Waals surface area contributed by atoms with Gasteiger partial charge < -0.3 is 5.32 Å². The summed E-state index contributed by atoms with van der Waals surface area (Å²) in [5, 5.41) is 3.58. The van der Waals surface area contributed by atoms with Gasteiger partial charge in [-0.25, -0.2) is 0 Å². The van der Waals surface area contributed by atoms with Gasteiger partial charge in [-0.1, -0.05) is 37.6 Å². The second-order valence-electron chi connectivity index (χ2n) is 5.11. The standard InChI is InChI=1S/C16H23N/c1-3-5-8-12-16(11-4-2)13-17-15-10-7-6-9-14(15)16/h3,6-7,9-10,17H,1,4-5,8,11-13H2,2H3. The molecule has 1 aromatic rings. The van der Waals surface area contributed by atoms with E-state index in [9.17, 15) is 0 Å². The molecule has 0 amide bonds. The first-order valence-electron chi connectivity index (χ1n) is 6.77. The minimum absolute atomic E-state index is 0.369. The second kappa shape index (κ2) is 5.39. The molecule has 0 fully saturated rings. The van der Waals surface area contributed by atoms with E-state index in [4.69, 9.17) is 0 Å². The Morgan fingerprint density at radius 3 is 2.94 bits per heavy atom. The third kappa shape index (κ3) is 2.38. The van der Waals surface area contributed by atoms with Gasteiger partial charge in [0.15, 0.2) is 0 Å². The van der Waals surface area contributed by atoms with Gasteiger partial charge in [-0.3, -0.25) is 0 Å². The fourth-order valence-corrected chi connectivity index (χ4v) is 3.09. The highest BCUT2D eigenvalue weighted by Crippen LogP contribution is 2.43. The zero-order valence-electron chi connectivity index (χ0n) is 10.8. The lowest BCUT2D eigenvalue weighted by Gasteiger charge is -2.29. The van der Waals surface area contributed by atoms with Crippen molar-refractivity contribution in [3.8, 4) is 0 Å². The molecule has 0 aromatic heterocycles. The normalized spacial score (nSPS) is 21.9. The molecule has 92 valence electrons. The molecule has 0 bridgehead atoms. The van der Waals surface area contributed by atoms with Crippen LogP contribution in [0.4, 0.5) is 5.69 Å². The van der Waals surface area contributed by atoms with Gasteiger partial charge in [0.05, 0.1) is 0 Å². The van der Waals surface area contributed by atoms with Crippen LogP contribution >= 0.6 is 0 Å². The predicted octanol–water partition coefficient (Wildman–Crippen LogP) is 4.51. The van der Waals surface area contributed by atoms with Gasteiger partial charge in [0.25, 0.3) is 0 Å². The highest BCUT2D eigenvalue weighted by molar-refractivity contribution is 5.60. The summed E-state index contributed by atoms with van der Waals surface area (Å²) in [7, 11) is 0. The van der Waals surface area contributed by atoms with Crippen molar-refractivity contribution in [2.24, 2.45) is 0 Å². The van der Waals surface area contributed by atoms with E-state index in [1.54, 1.807) is 0 Å². The predicted molar refractivity (Wildman–Crippen MR) is 75.6 cm³/mol. The minimum Gasteiger partial charge on any atom is -0.384 e.